The monoisotopic (exact) mass is 383 g/mol. The number of amides is 1. The largest absolute Gasteiger partial charge is 0.491 e. The number of carbonyl (C=O) groups is 1. The first-order valence-electron chi connectivity index (χ1n) is 9.40. The van der Waals surface area contributed by atoms with Gasteiger partial charge in [-0.05, 0) is 57.0 Å². The van der Waals surface area contributed by atoms with E-state index in [2.05, 4.69) is 30.3 Å². The summed E-state index contributed by atoms with van der Waals surface area (Å²) in [5, 5.41) is 0. The van der Waals surface area contributed by atoms with Crippen molar-refractivity contribution < 1.29 is 14.3 Å². The second kappa shape index (κ2) is 7.12. The smallest absolute Gasteiger partial charge is 0.410 e. The van der Waals surface area contributed by atoms with E-state index in [-0.39, 0.29) is 12.1 Å². The molecule has 2 atom stereocenters. The summed E-state index contributed by atoms with van der Waals surface area (Å²) in [6.45, 7) is 6.94. The van der Waals surface area contributed by atoms with Crippen LogP contribution in [-0.2, 0) is 4.74 Å². The van der Waals surface area contributed by atoms with Crippen molar-refractivity contribution in [1.29, 1.82) is 0 Å². The number of likely N-dealkylation sites (tertiary alicyclic amines) is 1. The average Bonchev–Trinajstić information content (AvgIpc) is 3.05. The maximum atomic E-state index is 12.5. The number of ether oxygens (including phenoxy) is 2. The summed E-state index contributed by atoms with van der Waals surface area (Å²) in [6.07, 6.45) is 0.712. The third kappa shape index (κ3) is 3.93. The topological polar surface area (TPSA) is 38.8 Å². The molecule has 0 radical (unpaired) electrons. The van der Waals surface area contributed by atoms with E-state index in [1.807, 2.05) is 43.9 Å². The van der Waals surface area contributed by atoms with Crippen LogP contribution in [0.3, 0.4) is 0 Å². The van der Waals surface area contributed by atoms with Crippen LogP contribution in [0.2, 0.25) is 0 Å². The lowest BCUT2D eigenvalue weighted by Gasteiger charge is -2.34. The molecule has 0 spiro atoms. The van der Waals surface area contributed by atoms with E-state index >= 15 is 0 Å². The van der Waals surface area contributed by atoms with Crippen LogP contribution in [0.25, 0.3) is 0 Å². The molecule has 2 aromatic rings. The van der Waals surface area contributed by atoms with Gasteiger partial charge in [0.2, 0.25) is 0 Å². The van der Waals surface area contributed by atoms with Gasteiger partial charge < -0.3 is 14.4 Å². The molecule has 27 heavy (non-hydrogen) atoms. The van der Waals surface area contributed by atoms with Gasteiger partial charge in [-0.15, -0.1) is 0 Å². The van der Waals surface area contributed by atoms with Crippen molar-refractivity contribution in [3.8, 4) is 5.75 Å². The van der Waals surface area contributed by atoms with E-state index in [1.165, 1.54) is 15.4 Å². The fourth-order valence-corrected chi connectivity index (χ4v) is 4.65. The van der Waals surface area contributed by atoms with Crippen LogP contribution in [0.4, 0.5) is 4.79 Å². The van der Waals surface area contributed by atoms with E-state index in [4.69, 9.17) is 9.47 Å². The van der Waals surface area contributed by atoms with E-state index in [0.29, 0.717) is 19.1 Å². The Balaban J connectivity index is 1.51. The Kier molecular flexibility index (Phi) is 4.81. The predicted octanol–water partition coefficient (Wildman–Crippen LogP) is 5.32. The Morgan fingerprint density at radius 1 is 1.15 bits per heavy atom. The molecule has 142 valence electrons. The summed E-state index contributed by atoms with van der Waals surface area (Å²) in [5.74, 6) is 1.26. The zero-order valence-corrected chi connectivity index (χ0v) is 16.8. The van der Waals surface area contributed by atoms with Gasteiger partial charge in [-0.25, -0.2) is 4.79 Å². The SMILES string of the molecule is CC(C)(C)OC(=O)N1CCC2c3ccc(Sc4ccccc4)cc3OCC21. The van der Waals surface area contributed by atoms with E-state index in [0.717, 1.165) is 12.2 Å². The highest BCUT2D eigenvalue weighted by molar-refractivity contribution is 7.99. The van der Waals surface area contributed by atoms with Crippen molar-refractivity contribution in [2.75, 3.05) is 13.2 Å². The van der Waals surface area contributed by atoms with Gasteiger partial charge in [0.1, 0.15) is 18.0 Å². The summed E-state index contributed by atoms with van der Waals surface area (Å²) in [7, 11) is 0. The first-order valence-corrected chi connectivity index (χ1v) is 10.2. The lowest BCUT2D eigenvalue weighted by Crippen LogP contribution is -2.45. The highest BCUT2D eigenvalue weighted by Crippen LogP contribution is 2.44. The van der Waals surface area contributed by atoms with Gasteiger partial charge in [-0.2, -0.15) is 0 Å². The Bertz CT molecular complexity index is 831. The fraction of sp³-hybridized carbons (Fsp3) is 0.409. The van der Waals surface area contributed by atoms with Gasteiger partial charge in [-0.1, -0.05) is 36.0 Å². The van der Waals surface area contributed by atoms with Gasteiger partial charge in [0, 0.05) is 22.3 Å². The molecule has 0 bridgehead atoms. The van der Waals surface area contributed by atoms with Crippen LogP contribution in [-0.4, -0.2) is 35.8 Å². The zero-order chi connectivity index (χ0) is 19.0. The summed E-state index contributed by atoms with van der Waals surface area (Å²) in [5.41, 5.74) is 0.723. The molecule has 0 aromatic heterocycles. The maximum absolute atomic E-state index is 12.5. The highest BCUT2D eigenvalue weighted by atomic mass is 32.2. The molecule has 2 aliphatic heterocycles. The van der Waals surface area contributed by atoms with E-state index < -0.39 is 5.60 Å². The molecule has 0 saturated carbocycles. The molecule has 2 aliphatic rings. The van der Waals surface area contributed by atoms with Crippen molar-refractivity contribution in [3.05, 3.63) is 54.1 Å². The molecule has 2 aromatic carbocycles. The second-order valence-corrected chi connectivity index (χ2v) is 9.21. The molecular formula is C22H25NO3S. The van der Waals surface area contributed by atoms with Crippen LogP contribution < -0.4 is 4.74 Å². The molecule has 4 nitrogen and oxygen atoms in total. The molecular weight excluding hydrogens is 358 g/mol. The molecule has 5 heteroatoms. The highest BCUT2D eigenvalue weighted by Gasteiger charge is 2.43. The molecule has 2 unspecified atom stereocenters. The van der Waals surface area contributed by atoms with E-state index in [1.54, 1.807) is 11.8 Å². The first kappa shape index (κ1) is 18.2. The minimum absolute atomic E-state index is 0.0555. The number of rotatable bonds is 2. The quantitative estimate of drug-likeness (QED) is 0.703. The lowest BCUT2D eigenvalue weighted by molar-refractivity contribution is 0.0164. The molecule has 0 aliphatic carbocycles. The Morgan fingerprint density at radius 3 is 2.67 bits per heavy atom. The second-order valence-electron chi connectivity index (χ2n) is 8.06. The minimum Gasteiger partial charge on any atom is -0.491 e. The van der Waals surface area contributed by atoms with Gasteiger partial charge in [0.15, 0.2) is 0 Å². The van der Waals surface area contributed by atoms with E-state index in [9.17, 15) is 4.79 Å². The molecule has 2 heterocycles. The van der Waals surface area contributed by atoms with Crippen molar-refractivity contribution >= 4 is 17.9 Å². The number of carbonyl (C=O) groups excluding carboxylic acids is 1. The maximum Gasteiger partial charge on any atom is 0.410 e. The van der Waals surface area contributed by atoms with Gasteiger partial charge in [-0.3, -0.25) is 0 Å². The molecule has 1 saturated heterocycles. The summed E-state index contributed by atoms with van der Waals surface area (Å²) < 4.78 is 11.6. The first-order chi connectivity index (χ1) is 12.9. The van der Waals surface area contributed by atoms with Crippen LogP contribution in [0.15, 0.2) is 58.3 Å². The standard InChI is InChI=1S/C22H25NO3S/c1-22(2,3)26-21(24)23-12-11-17-18-10-9-16(13-20(18)25-14-19(17)23)27-15-7-5-4-6-8-15/h4-10,13,17,19H,11-12,14H2,1-3H3. The number of benzene rings is 2. The van der Waals surface area contributed by atoms with Crippen LogP contribution in [0, 0.1) is 0 Å². The molecule has 4 rings (SSSR count). The predicted molar refractivity (Wildman–Crippen MR) is 107 cm³/mol. The van der Waals surface area contributed by atoms with Crippen molar-refractivity contribution in [2.45, 2.75) is 54.5 Å². The summed E-state index contributed by atoms with van der Waals surface area (Å²) in [4.78, 5) is 16.7. The number of nitrogens with zero attached hydrogens (tertiary/aromatic N) is 1. The van der Waals surface area contributed by atoms with Crippen molar-refractivity contribution in [2.24, 2.45) is 0 Å². The van der Waals surface area contributed by atoms with Crippen LogP contribution >= 0.6 is 11.8 Å². The van der Waals surface area contributed by atoms with Crippen molar-refractivity contribution in [3.63, 3.8) is 0 Å². The third-order valence-corrected chi connectivity index (χ3v) is 5.94. The summed E-state index contributed by atoms with van der Waals surface area (Å²) in [6, 6.07) is 16.8. The molecule has 1 amide bonds. The molecule has 0 N–H and O–H groups in total. The zero-order valence-electron chi connectivity index (χ0n) is 16.0. The minimum atomic E-state index is -0.480. The van der Waals surface area contributed by atoms with Crippen LogP contribution in [0.5, 0.6) is 5.75 Å². The number of hydrogen-bond acceptors (Lipinski definition) is 4. The fourth-order valence-electron chi connectivity index (χ4n) is 3.78. The van der Waals surface area contributed by atoms with Gasteiger partial charge >= 0.3 is 6.09 Å². The number of hydrogen-bond donors (Lipinski definition) is 0. The Labute approximate surface area is 164 Å². The van der Waals surface area contributed by atoms with Gasteiger partial charge in [0.25, 0.3) is 0 Å². The summed E-state index contributed by atoms with van der Waals surface area (Å²) >= 11 is 1.73. The van der Waals surface area contributed by atoms with Gasteiger partial charge in [0.05, 0.1) is 6.04 Å². The number of fused-ring (bicyclic) bond motifs is 3. The third-order valence-electron chi connectivity index (χ3n) is 4.95. The average molecular weight is 384 g/mol. The van der Waals surface area contributed by atoms with Crippen LogP contribution in [0.1, 0.15) is 38.7 Å². The lowest BCUT2D eigenvalue weighted by atomic mass is 9.89. The molecule has 1 fully saturated rings. The Hall–Kier alpha value is -2.14. The normalized spacial score (nSPS) is 21.2. The van der Waals surface area contributed by atoms with Crippen molar-refractivity contribution in [1.82, 2.24) is 4.90 Å². The Morgan fingerprint density at radius 2 is 1.93 bits per heavy atom.